The van der Waals surface area contributed by atoms with Crippen LogP contribution >= 0.6 is 12.6 Å². The van der Waals surface area contributed by atoms with E-state index >= 15 is 0 Å². The van der Waals surface area contributed by atoms with Crippen LogP contribution in [0.15, 0.2) is 0 Å². The van der Waals surface area contributed by atoms with E-state index in [-0.39, 0.29) is 11.4 Å². The number of nitrogens with zero attached hydrogens (tertiary/aromatic N) is 1. The van der Waals surface area contributed by atoms with E-state index in [4.69, 9.17) is 5.11 Å². The lowest BCUT2D eigenvalue weighted by atomic mass is 10.0. The maximum absolute atomic E-state index is 10.4. The smallest absolute Gasteiger partial charge is 0.321 e. The van der Waals surface area contributed by atoms with Crippen molar-refractivity contribution in [3.63, 3.8) is 0 Å². The van der Waals surface area contributed by atoms with Gasteiger partial charge in [0.1, 0.15) is 6.04 Å². The number of carbonyl (C=O) groups is 1. The molecule has 1 heterocycles. The molecule has 0 amide bonds. The fourth-order valence-corrected chi connectivity index (χ4v) is 1.40. The highest BCUT2D eigenvalue weighted by Gasteiger charge is 2.35. The van der Waals surface area contributed by atoms with Crippen LogP contribution in [0, 0.1) is 0 Å². The Hall–Kier alpha value is -0.220. The number of likely N-dealkylation sites (tertiary alicyclic amines) is 1. The Morgan fingerprint density at radius 1 is 1.90 bits per heavy atom. The monoisotopic (exact) mass is 161 g/mol. The molecule has 0 aromatic carbocycles. The van der Waals surface area contributed by atoms with Crippen molar-refractivity contribution in [2.45, 2.75) is 24.8 Å². The van der Waals surface area contributed by atoms with E-state index in [1.54, 1.807) is 0 Å². The van der Waals surface area contributed by atoms with Crippen molar-refractivity contribution in [1.29, 1.82) is 0 Å². The number of thiol groups is 1. The summed E-state index contributed by atoms with van der Waals surface area (Å²) in [5.41, 5.74) is 0. The number of aliphatic carboxylic acids is 1. The zero-order valence-electron chi connectivity index (χ0n) is 5.82. The van der Waals surface area contributed by atoms with E-state index in [1.165, 1.54) is 0 Å². The lowest BCUT2D eigenvalue weighted by Gasteiger charge is -2.40. The Morgan fingerprint density at radius 3 is 2.60 bits per heavy atom. The highest BCUT2D eigenvalue weighted by molar-refractivity contribution is 7.80. The summed E-state index contributed by atoms with van der Waals surface area (Å²) in [6, 6.07) is -0.285. The molecule has 4 heteroatoms. The molecule has 1 aliphatic rings. The first-order valence-electron chi connectivity index (χ1n) is 3.29. The summed E-state index contributed by atoms with van der Waals surface area (Å²) >= 11 is 4.14. The third-order valence-corrected chi connectivity index (χ3v) is 2.12. The Kier molecular flexibility index (Phi) is 2.21. The first kappa shape index (κ1) is 7.88. The molecule has 0 saturated carbocycles. The molecule has 1 N–H and O–H groups in total. The van der Waals surface area contributed by atoms with Crippen molar-refractivity contribution in [1.82, 2.24) is 4.90 Å². The average molecular weight is 161 g/mol. The van der Waals surface area contributed by atoms with Gasteiger partial charge in [0, 0.05) is 6.54 Å². The molecule has 3 nitrogen and oxygen atoms in total. The van der Waals surface area contributed by atoms with Crippen LogP contribution in [0.25, 0.3) is 0 Å². The molecule has 58 valence electrons. The molecule has 1 rings (SSSR count). The van der Waals surface area contributed by atoms with Crippen LogP contribution in [0.5, 0.6) is 0 Å². The Labute approximate surface area is 65.4 Å². The van der Waals surface area contributed by atoms with Gasteiger partial charge >= 0.3 is 5.97 Å². The fraction of sp³-hybridized carbons (Fsp3) is 0.833. The number of carboxylic acid groups (broad SMARTS) is 1. The third kappa shape index (κ3) is 1.27. The topological polar surface area (TPSA) is 40.5 Å². The minimum Gasteiger partial charge on any atom is -0.480 e. The molecule has 1 fully saturated rings. The van der Waals surface area contributed by atoms with Gasteiger partial charge in [0.05, 0.1) is 5.37 Å². The highest BCUT2D eigenvalue weighted by atomic mass is 32.1. The molecule has 0 spiro atoms. The molecular weight excluding hydrogens is 150 g/mol. The summed E-state index contributed by atoms with van der Waals surface area (Å²) in [6.45, 7) is 2.75. The molecule has 0 aromatic rings. The number of hydrogen-bond donors (Lipinski definition) is 2. The maximum atomic E-state index is 10.4. The van der Waals surface area contributed by atoms with Gasteiger partial charge in [0.25, 0.3) is 0 Å². The van der Waals surface area contributed by atoms with Crippen molar-refractivity contribution in [3.8, 4) is 0 Å². The predicted molar refractivity (Wildman–Crippen MR) is 41.2 cm³/mol. The largest absolute Gasteiger partial charge is 0.480 e. The van der Waals surface area contributed by atoms with E-state index in [0.29, 0.717) is 0 Å². The van der Waals surface area contributed by atoms with Gasteiger partial charge in [-0.25, -0.2) is 0 Å². The summed E-state index contributed by atoms with van der Waals surface area (Å²) < 4.78 is 0. The highest BCUT2D eigenvalue weighted by Crippen LogP contribution is 2.21. The van der Waals surface area contributed by atoms with Crippen LogP contribution < -0.4 is 0 Å². The lowest BCUT2D eigenvalue weighted by Crippen LogP contribution is -2.54. The quantitative estimate of drug-likeness (QED) is 0.577. The van der Waals surface area contributed by atoms with E-state index in [0.717, 1.165) is 13.0 Å². The molecule has 2 atom stereocenters. The van der Waals surface area contributed by atoms with Crippen molar-refractivity contribution in [2.75, 3.05) is 6.54 Å². The number of carboxylic acids is 1. The first-order valence-corrected chi connectivity index (χ1v) is 3.81. The molecule has 0 bridgehead atoms. The maximum Gasteiger partial charge on any atom is 0.321 e. The van der Waals surface area contributed by atoms with Gasteiger partial charge in [-0.1, -0.05) is 0 Å². The van der Waals surface area contributed by atoms with Crippen molar-refractivity contribution in [2.24, 2.45) is 0 Å². The summed E-state index contributed by atoms with van der Waals surface area (Å²) in [4.78, 5) is 12.3. The molecular formula is C6H11NO2S. The molecule has 1 aliphatic heterocycles. The summed E-state index contributed by atoms with van der Waals surface area (Å²) in [7, 11) is 0. The van der Waals surface area contributed by atoms with Gasteiger partial charge in [-0.3, -0.25) is 9.69 Å². The number of rotatable bonds is 2. The zero-order valence-corrected chi connectivity index (χ0v) is 6.71. The van der Waals surface area contributed by atoms with Crippen LogP contribution in [-0.4, -0.2) is 33.9 Å². The summed E-state index contributed by atoms with van der Waals surface area (Å²) in [5, 5.41) is 8.64. The van der Waals surface area contributed by atoms with Crippen LogP contribution in [-0.2, 0) is 4.79 Å². The normalized spacial score (nSPS) is 29.2. The lowest BCUT2D eigenvalue weighted by molar-refractivity contribution is -0.148. The van der Waals surface area contributed by atoms with Crippen LogP contribution in [0.3, 0.4) is 0 Å². The molecule has 10 heavy (non-hydrogen) atoms. The third-order valence-electron chi connectivity index (χ3n) is 1.83. The van der Waals surface area contributed by atoms with Gasteiger partial charge in [0.2, 0.25) is 0 Å². The Balaban J connectivity index is 2.43. The molecule has 0 aliphatic carbocycles. The predicted octanol–water partition coefficient (Wildman–Crippen LogP) is 0.421. The van der Waals surface area contributed by atoms with Crippen LogP contribution in [0.1, 0.15) is 13.3 Å². The van der Waals surface area contributed by atoms with Gasteiger partial charge in [-0.15, -0.1) is 0 Å². The second kappa shape index (κ2) is 2.80. The van der Waals surface area contributed by atoms with Gasteiger partial charge in [-0.05, 0) is 13.3 Å². The molecule has 2 unspecified atom stereocenters. The van der Waals surface area contributed by atoms with Gasteiger partial charge in [-0.2, -0.15) is 12.6 Å². The number of hydrogen-bond acceptors (Lipinski definition) is 3. The zero-order chi connectivity index (χ0) is 7.72. The Morgan fingerprint density at radius 2 is 2.50 bits per heavy atom. The van der Waals surface area contributed by atoms with Crippen molar-refractivity contribution < 1.29 is 9.90 Å². The van der Waals surface area contributed by atoms with Crippen LogP contribution in [0.2, 0.25) is 0 Å². The van der Waals surface area contributed by atoms with E-state index in [1.807, 2.05) is 11.8 Å². The van der Waals surface area contributed by atoms with E-state index in [2.05, 4.69) is 12.6 Å². The molecule has 0 radical (unpaired) electrons. The minimum absolute atomic E-state index is 0.0647. The second-order valence-corrected chi connectivity index (χ2v) is 3.26. The summed E-state index contributed by atoms with van der Waals surface area (Å²) in [5.74, 6) is -0.729. The van der Waals surface area contributed by atoms with Crippen LogP contribution in [0.4, 0.5) is 0 Å². The fourth-order valence-electron chi connectivity index (χ4n) is 1.12. The van der Waals surface area contributed by atoms with E-state index in [9.17, 15) is 4.79 Å². The SMILES string of the molecule is CC(S)N1CCC1C(=O)O. The van der Waals surface area contributed by atoms with Gasteiger partial charge in [0.15, 0.2) is 0 Å². The Bertz CT molecular complexity index is 149. The summed E-state index contributed by atoms with van der Waals surface area (Å²) in [6.07, 6.45) is 0.764. The first-order chi connectivity index (χ1) is 4.63. The molecule has 0 aromatic heterocycles. The van der Waals surface area contributed by atoms with Crippen molar-refractivity contribution in [3.05, 3.63) is 0 Å². The van der Waals surface area contributed by atoms with Gasteiger partial charge < -0.3 is 5.11 Å². The second-order valence-electron chi connectivity index (χ2n) is 2.51. The van der Waals surface area contributed by atoms with E-state index < -0.39 is 5.97 Å². The minimum atomic E-state index is -0.729. The standard InChI is InChI=1S/C6H11NO2S/c1-4(10)7-3-2-5(7)6(8)9/h4-5,10H,2-3H2,1H3,(H,8,9). The van der Waals surface area contributed by atoms with Crippen molar-refractivity contribution >= 4 is 18.6 Å². The molecule has 1 saturated heterocycles. The average Bonchev–Trinajstić information content (AvgIpc) is 1.56.